The maximum Gasteiger partial charge on any atom is 0.265 e. The maximum absolute atomic E-state index is 12.4. The van der Waals surface area contributed by atoms with E-state index in [0.717, 1.165) is 4.47 Å². The summed E-state index contributed by atoms with van der Waals surface area (Å²) < 4.78 is 6.21. The number of rotatable bonds is 4. The highest BCUT2D eigenvalue weighted by Crippen LogP contribution is 2.34. The Morgan fingerprint density at radius 3 is 2.78 bits per heavy atom. The van der Waals surface area contributed by atoms with Gasteiger partial charge in [0, 0.05) is 17.2 Å². The first-order chi connectivity index (χ1) is 12.9. The lowest BCUT2D eigenvalue weighted by atomic mass is 10.2. The summed E-state index contributed by atoms with van der Waals surface area (Å²) in [7, 11) is 1.49. The molecular weight excluding hydrogens is 438 g/mol. The van der Waals surface area contributed by atoms with E-state index in [1.165, 1.54) is 24.1 Å². The first-order valence-electron chi connectivity index (χ1n) is 7.93. The van der Waals surface area contributed by atoms with Gasteiger partial charge in [0.25, 0.3) is 11.8 Å². The van der Waals surface area contributed by atoms with Gasteiger partial charge in [-0.1, -0.05) is 27.5 Å². The molecule has 0 saturated carbocycles. The molecule has 0 aliphatic carbocycles. The van der Waals surface area contributed by atoms with Crippen molar-refractivity contribution in [3.8, 4) is 5.75 Å². The average molecular weight is 453 g/mol. The predicted octanol–water partition coefficient (Wildman–Crippen LogP) is 2.83. The van der Waals surface area contributed by atoms with Crippen molar-refractivity contribution in [2.75, 3.05) is 30.4 Å². The number of nitrogens with one attached hydrogen (secondary N) is 2. The van der Waals surface area contributed by atoms with Gasteiger partial charge in [0.15, 0.2) is 6.61 Å². The summed E-state index contributed by atoms with van der Waals surface area (Å²) >= 11 is 9.35. The number of halogens is 2. The van der Waals surface area contributed by atoms with Gasteiger partial charge in [-0.15, -0.1) is 0 Å². The van der Waals surface area contributed by atoms with E-state index in [2.05, 4.69) is 26.6 Å². The molecule has 3 amide bonds. The molecule has 2 aromatic carbocycles. The zero-order chi connectivity index (χ0) is 19.6. The summed E-state index contributed by atoms with van der Waals surface area (Å²) in [6.07, 6.45) is 0. The van der Waals surface area contributed by atoms with Gasteiger partial charge in [-0.05, 0) is 36.4 Å². The summed E-state index contributed by atoms with van der Waals surface area (Å²) in [6, 6.07) is 9.79. The highest BCUT2D eigenvalue weighted by Gasteiger charge is 2.27. The van der Waals surface area contributed by atoms with Gasteiger partial charge in [0.05, 0.1) is 16.3 Å². The smallest absolute Gasteiger partial charge is 0.265 e. The summed E-state index contributed by atoms with van der Waals surface area (Å²) in [5.74, 6) is -0.574. The van der Waals surface area contributed by atoms with Crippen LogP contribution in [0.25, 0.3) is 0 Å². The molecule has 3 rings (SSSR count). The Balaban J connectivity index is 1.77. The molecule has 9 heteroatoms. The predicted molar refractivity (Wildman–Crippen MR) is 105 cm³/mol. The van der Waals surface area contributed by atoms with Gasteiger partial charge >= 0.3 is 0 Å². The fourth-order valence-corrected chi connectivity index (χ4v) is 3.15. The Morgan fingerprint density at radius 2 is 2.04 bits per heavy atom. The molecule has 0 atom stereocenters. The lowest BCUT2D eigenvalue weighted by Gasteiger charge is -2.29. The summed E-state index contributed by atoms with van der Waals surface area (Å²) in [5, 5.41) is 5.43. The van der Waals surface area contributed by atoms with E-state index in [1.807, 2.05) is 0 Å². The molecule has 140 valence electrons. The van der Waals surface area contributed by atoms with E-state index in [9.17, 15) is 14.4 Å². The standard InChI is InChI=1S/C18H15BrClN3O4/c1-21-18(26)12-7-11(3-4-13(12)20)22-16(24)8-23-14-5-2-10(19)6-15(14)27-9-17(23)25/h2-7H,8-9H2,1H3,(H,21,26)(H,22,24). The molecule has 27 heavy (non-hydrogen) atoms. The van der Waals surface area contributed by atoms with Crippen LogP contribution in [-0.4, -0.2) is 37.9 Å². The molecule has 1 aliphatic rings. The average Bonchev–Trinajstić information content (AvgIpc) is 2.65. The monoisotopic (exact) mass is 451 g/mol. The molecule has 0 unspecified atom stereocenters. The largest absolute Gasteiger partial charge is 0.482 e. The van der Waals surface area contributed by atoms with Crippen molar-refractivity contribution in [2.24, 2.45) is 0 Å². The van der Waals surface area contributed by atoms with Crippen molar-refractivity contribution < 1.29 is 19.1 Å². The SMILES string of the molecule is CNC(=O)c1cc(NC(=O)CN2C(=O)COc3cc(Br)ccc32)ccc1Cl. The van der Waals surface area contributed by atoms with E-state index in [0.29, 0.717) is 17.1 Å². The van der Waals surface area contributed by atoms with Crippen molar-refractivity contribution in [2.45, 2.75) is 0 Å². The molecule has 0 aromatic heterocycles. The number of anilines is 2. The number of hydrogen-bond donors (Lipinski definition) is 2. The van der Waals surface area contributed by atoms with Gasteiger partial charge in [-0.3, -0.25) is 19.3 Å². The van der Waals surface area contributed by atoms with Crippen LogP contribution < -0.4 is 20.3 Å². The molecule has 0 fully saturated rings. The zero-order valence-electron chi connectivity index (χ0n) is 14.2. The van der Waals surface area contributed by atoms with Crippen LogP contribution in [-0.2, 0) is 9.59 Å². The van der Waals surface area contributed by atoms with Gasteiger partial charge in [0.2, 0.25) is 5.91 Å². The summed E-state index contributed by atoms with van der Waals surface area (Å²) in [4.78, 5) is 37.8. The van der Waals surface area contributed by atoms with Crippen LogP contribution in [0.4, 0.5) is 11.4 Å². The molecule has 0 saturated heterocycles. The number of carbonyl (C=O) groups excluding carboxylic acids is 3. The molecular formula is C18H15BrClN3O4. The quantitative estimate of drug-likeness (QED) is 0.747. The molecule has 0 radical (unpaired) electrons. The van der Waals surface area contributed by atoms with Crippen molar-refractivity contribution in [3.05, 3.63) is 51.5 Å². The molecule has 2 N–H and O–H groups in total. The molecule has 1 heterocycles. The van der Waals surface area contributed by atoms with Gasteiger partial charge in [-0.2, -0.15) is 0 Å². The zero-order valence-corrected chi connectivity index (χ0v) is 16.6. The number of ether oxygens (including phenoxy) is 1. The number of benzene rings is 2. The van der Waals surface area contributed by atoms with E-state index >= 15 is 0 Å². The minimum absolute atomic E-state index is 0.140. The van der Waals surface area contributed by atoms with E-state index in [1.54, 1.807) is 24.3 Å². The Morgan fingerprint density at radius 1 is 1.26 bits per heavy atom. The van der Waals surface area contributed by atoms with E-state index in [-0.39, 0.29) is 35.6 Å². The third-order valence-electron chi connectivity index (χ3n) is 3.89. The summed E-state index contributed by atoms with van der Waals surface area (Å²) in [5.41, 5.74) is 1.17. The normalized spacial score (nSPS) is 12.9. The lowest BCUT2D eigenvalue weighted by molar-refractivity contribution is -0.123. The van der Waals surface area contributed by atoms with Crippen molar-refractivity contribution in [1.82, 2.24) is 5.32 Å². The third kappa shape index (κ3) is 4.23. The second-order valence-corrected chi connectivity index (χ2v) is 7.03. The lowest BCUT2D eigenvalue weighted by Crippen LogP contribution is -2.43. The number of amides is 3. The topological polar surface area (TPSA) is 87.7 Å². The van der Waals surface area contributed by atoms with Crippen LogP contribution >= 0.6 is 27.5 Å². The first kappa shape index (κ1) is 19.2. The number of carbonyl (C=O) groups is 3. The highest BCUT2D eigenvalue weighted by atomic mass is 79.9. The molecule has 2 aromatic rings. The minimum Gasteiger partial charge on any atom is -0.482 e. The van der Waals surface area contributed by atoms with Crippen LogP contribution in [0.15, 0.2) is 40.9 Å². The molecule has 7 nitrogen and oxygen atoms in total. The van der Waals surface area contributed by atoms with E-state index < -0.39 is 5.91 Å². The Kier molecular flexibility index (Phi) is 5.67. The fraction of sp³-hybridized carbons (Fsp3) is 0.167. The maximum atomic E-state index is 12.4. The van der Waals surface area contributed by atoms with Crippen LogP contribution in [0, 0.1) is 0 Å². The minimum atomic E-state index is -0.413. The van der Waals surface area contributed by atoms with Crippen LogP contribution in [0.5, 0.6) is 5.75 Å². The van der Waals surface area contributed by atoms with Crippen molar-refractivity contribution in [1.29, 1.82) is 0 Å². The van der Waals surface area contributed by atoms with Crippen molar-refractivity contribution in [3.63, 3.8) is 0 Å². The second kappa shape index (κ2) is 7.98. The van der Waals surface area contributed by atoms with E-state index in [4.69, 9.17) is 16.3 Å². The van der Waals surface area contributed by atoms with Crippen LogP contribution in [0.3, 0.4) is 0 Å². The fourth-order valence-electron chi connectivity index (χ4n) is 2.61. The van der Waals surface area contributed by atoms with Crippen LogP contribution in [0.1, 0.15) is 10.4 Å². The number of hydrogen-bond acceptors (Lipinski definition) is 4. The van der Waals surface area contributed by atoms with Crippen molar-refractivity contribution >= 4 is 56.6 Å². The Labute approximate surface area is 168 Å². The Bertz CT molecular complexity index is 935. The highest BCUT2D eigenvalue weighted by molar-refractivity contribution is 9.10. The van der Waals surface area contributed by atoms with Gasteiger partial charge in [-0.25, -0.2) is 0 Å². The third-order valence-corrected chi connectivity index (χ3v) is 4.71. The second-order valence-electron chi connectivity index (χ2n) is 5.70. The molecule has 0 bridgehead atoms. The number of nitrogens with zero attached hydrogens (tertiary/aromatic N) is 1. The first-order valence-corrected chi connectivity index (χ1v) is 9.10. The van der Waals surface area contributed by atoms with Crippen LogP contribution in [0.2, 0.25) is 5.02 Å². The van der Waals surface area contributed by atoms with Gasteiger partial charge < -0.3 is 15.4 Å². The molecule has 1 aliphatic heterocycles. The van der Waals surface area contributed by atoms with Gasteiger partial charge in [0.1, 0.15) is 12.3 Å². The Hall–Kier alpha value is -2.58. The summed E-state index contributed by atoms with van der Waals surface area (Å²) in [6.45, 7) is -0.326. The number of fused-ring (bicyclic) bond motifs is 1. The molecule has 0 spiro atoms.